The van der Waals surface area contributed by atoms with Crippen LogP contribution in [-0.2, 0) is 9.53 Å². The summed E-state index contributed by atoms with van der Waals surface area (Å²) in [4.78, 5) is 37.6. The Hall–Kier alpha value is -2.64. The van der Waals surface area contributed by atoms with Gasteiger partial charge in [0.1, 0.15) is 12.4 Å². The number of fused-ring (bicyclic) bond motifs is 2. The number of esters is 1. The molecule has 0 saturated carbocycles. The molecule has 2 N–H and O–H groups in total. The van der Waals surface area contributed by atoms with Crippen molar-refractivity contribution >= 4 is 17.9 Å². The number of hydrogen-bond acceptors (Lipinski definition) is 4. The van der Waals surface area contributed by atoms with Crippen LogP contribution in [0.3, 0.4) is 0 Å². The maximum absolute atomic E-state index is 13.0. The zero-order valence-corrected chi connectivity index (χ0v) is 14.5. The quantitative estimate of drug-likeness (QED) is 0.793. The Balaban J connectivity index is 1.56. The number of amides is 3. The van der Waals surface area contributed by atoms with E-state index in [0.29, 0.717) is 18.4 Å². The first-order chi connectivity index (χ1) is 12.5. The number of methoxy groups -OCH3 is 1. The second kappa shape index (κ2) is 7.72. The molecule has 3 rings (SSSR count). The molecule has 2 bridgehead atoms. The normalized spacial score (nSPS) is 24.1. The number of piperidine rings is 1. The van der Waals surface area contributed by atoms with Crippen LogP contribution >= 0.6 is 0 Å². The molecule has 3 amide bonds. The smallest absolute Gasteiger partial charge is 0.325 e. The number of nitrogens with zero attached hydrogens (tertiary/aromatic N) is 1. The minimum atomic E-state index is -0.493. The molecule has 1 aromatic carbocycles. The molecule has 0 aliphatic carbocycles. The third kappa shape index (κ3) is 3.95. The van der Waals surface area contributed by atoms with Crippen LogP contribution in [0.1, 0.15) is 36.0 Å². The van der Waals surface area contributed by atoms with Crippen molar-refractivity contribution in [1.82, 2.24) is 15.5 Å². The van der Waals surface area contributed by atoms with Gasteiger partial charge in [0, 0.05) is 23.7 Å². The Morgan fingerprint density at radius 3 is 2.35 bits per heavy atom. The van der Waals surface area contributed by atoms with Gasteiger partial charge in [0.05, 0.1) is 7.11 Å². The molecule has 1 aromatic rings. The van der Waals surface area contributed by atoms with E-state index in [-0.39, 0.29) is 42.4 Å². The zero-order valence-electron chi connectivity index (χ0n) is 14.5. The molecule has 2 aliphatic rings. The van der Waals surface area contributed by atoms with E-state index in [1.165, 1.54) is 31.4 Å². The highest BCUT2D eigenvalue weighted by molar-refractivity contribution is 5.94. The van der Waals surface area contributed by atoms with E-state index in [1.54, 1.807) is 4.90 Å². The maximum atomic E-state index is 13.0. The zero-order chi connectivity index (χ0) is 18.7. The SMILES string of the molecule is COC(=O)CNC(=O)N1C2CCC1CC(NC(=O)c1ccc(F)cc1)C2. The summed E-state index contributed by atoms with van der Waals surface area (Å²) in [6.45, 7) is -0.157. The molecule has 2 heterocycles. The van der Waals surface area contributed by atoms with Crippen LogP contribution in [0.25, 0.3) is 0 Å². The number of carbonyl (C=O) groups is 3. The molecule has 7 nitrogen and oxygen atoms in total. The van der Waals surface area contributed by atoms with E-state index in [1.807, 2.05) is 0 Å². The summed E-state index contributed by atoms with van der Waals surface area (Å²) in [5, 5.41) is 5.56. The highest BCUT2D eigenvalue weighted by Gasteiger charge is 2.43. The lowest BCUT2D eigenvalue weighted by Gasteiger charge is -2.39. The average molecular weight is 363 g/mol. The van der Waals surface area contributed by atoms with Gasteiger partial charge in [0.15, 0.2) is 0 Å². The van der Waals surface area contributed by atoms with E-state index in [2.05, 4.69) is 15.4 Å². The van der Waals surface area contributed by atoms with Crippen LogP contribution in [0, 0.1) is 5.82 Å². The lowest BCUT2D eigenvalue weighted by atomic mass is 9.97. The second-order valence-electron chi connectivity index (χ2n) is 6.68. The molecule has 26 heavy (non-hydrogen) atoms. The Morgan fingerprint density at radius 2 is 1.77 bits per heavy atom. The fraction of sp³-hybridized carbons (Fsp3) is 0.500. The van der Waals surface area contributed by atoms with Gasteiger partial charge in [-0.2, -0.15) is 0 Å². The van der Waals surface area contributed by atoms with E-state index >= 15 is 0 Å². The molecule has 2 saturated heterocycles. The van der Waals surface area contributed by atoms with E-state index < -0.39 is 5.97 Å². The predicted molar refractivity (Wildman–Crippen MR) is 91.0 cm³/mol. The Bertz CT molecular complexity index is 680. The van der Waals surface area contributed by atoms with Crippen molar-refractivity contribution in [1.29, 1.82) is 0 Å². The standard InChI is InChI=1S/C18H22FN3O4/c1-26-16(23)10-20-18(25)22-14-6-7-15(22)9-13(8-14)21-17(24)11-2-4-12(19)5-3-11/h2-5,13-15H,6-10H2,1H3,(H,20,25)(H,21,24). The van der Waals surface area contributed by atoms with Crippen molar-refractivity contribution in [3.8, 4) is 0 Å². The number of urea groups is 1. The molecule has 0 aromatic heterocycles. The summed E-state index contributed by atoms with van der Waals surface area (Å²) >= 11 is 0. The molecule has 2 atom stereocenters. The maximum Gasteiger partial charge on any atom is 0.325 e. The number of halogens is 1. The van der Waals surface area contributed by atoms with Gasteiger partial charge in [-0.05, 0) is 49.9 Å². The fourth-order valence-corrected chi connectivity index (χ4v) is 3.81. The average Bonchev–Trinajstić information content (AvgIpc) is 2.90. The van der Waals surface area contributed by atoms with Crippen LogP contribution < -0.4 is 10.6 Å². The molecule has 2 unspecified atom stereocenters. The summed E-state index contributed by atoms with van der Waals surface area (Å²) in [5.74, 6) is -1.11. The summed E-state index contributed by atoms with van der Waals surface area (Å²) in [6, 6.07) is 5.18. The van der Waals surface area contributed by atoms with Crippen LogP contribution in [0.2, 0.25) is 0 Å². The monoisotopic (exact) mass is 363 g/mol. The summed E-state index contributed by atoms with van der Waals surface area (Å²) in [7, 11) is 1.27. The number of carbonyl (C=O) groups excluding carboxylic acids is 3. The Labute approximate surface area is 150 Å². The van der Waals surface area contributed by atoms with Gasteiger partial charge >= 0.3 is 12.0 Å². The Kier molecular flexibility index (Phi) is 5.39. The van der Waals surface area contributed by atoms with Crippen molar-refractivity contribution in [3.63, 3.8) is 0 Å². The lowest BCUT2D eigenvalue weighted by molar-refractivity contribution is -0.139. The van der Waals surface area contributed by atoms with Crippen molar-refractivity contribution in [2.24, 2.45) is 0 Å². The number of rotatable bonds is 4. The van der Waals surface area contributed by atoms with Gasteiger partial charge in [-0.25, -0.2) is 9.18 Å². The van der Waals surface area contributed by atoms with Crippen LogP contribution in [-0.4, -0.2) is 54.6 Å². The first-order valence-corrected chi connectivity index (χ1v) is 8.67. The second-order valence-corrected chi connectivity index (χ2v) is 6.68. The molecule has 2 fully saturated rings. The van der Waals surface area contributed by atoms with Crippen molar-refractivity contribution < 1.29 is 23.5 Å². The summed E-state index contributed by atoms with van der Waals surface area (Å²) in [5.41, 5.74) is 0.414. The Morgan fingerprint density at radius 1 is 1.15 bits per heavy atom. The van der Waals surface area contributed by atoms with Crippen LogP contribution in [0.4, 0.5) is 9.18 Å². The fourth-order valence-electron chi connectivity index (χ4n) is 3.81. The predicted octanol–water partition coefficient (Wildman–Crippen LogP) is 1.43. The number of ether oxygens (including phenoxy) is 1. The highest BCUT2D eigenvalue weighted by Crippen LogP contribution is 2.35. The van der Waals surface area contributed by atoms with E-state index in [4.69, 9.17) is 0 Å². The van der Waals surface area contributed by atoms with Gasteiger partial charge < -0.3 is 20.3 Å². The molecule has 2 aliphatic heterocycles. The molecule has 8 heteroatoms. The van der Waals surface area contributed by atoms with Crippen molar-refractivity contribution in [2.45, 2.75) is 43.8 Å². The first-order valence-electron chi connectivity index (χ1n) is 8.67. The molecule has 0 spiro atoms. The van der Waals surface area contributed by atoms with Crippen molar-refractivity contribution in [2.75, 3.05) is 13.7 Å². The first kappa shape index (κ1) is 18.2. The molecule has 140 valence electrons. The van der Waals surface area contributed by atoms with Crippen LogP contribution in [0.15, 0.2) is 24.3 Å². The summed E-state index contributed by atoms with van der Waals surface area (Å²) < 4.78 is 17.5. The van der Waals surface area contributed by atoms with E-state index in [0.717, 1.165) is 12.8 Å². The third-order valence-corrected chi connectivity index (χ3v) is 5.02. The molecular weight excluding hydrogens is 341 g/mol. The van der Waals surface area contributed by atoms with Crippen LogP contribution in [0.5, 0.6) is 0 Å². The molecule has 0 radical (unpaired) electrons. The minimum Gasteiger partial charge on any atom is -0.468 e. The largest absolute Gasteiger partial charge is 0.468 e. The number of nitrogens with one attached hydrogen (secondary N) is 2. The number of hydrogen-bond donors (Lipinski definition) is 2. The van der Waals surface area contributed by atoms with Gasteiger partial charge in [0.2, 0.25) is 0 Å². The summed E-state index contributed by atoms with van der Waals surface area (Å²) in [6.07, 6.45) is 3.07. The number of benzene rings is 1. The van der Waals surface area contributed by atoms with Gasteiger partial charge in [-0.3, -0.25) is 9.59 Å². The lowest BCUT2D eigenvalue weighted by Crippen LogP contribution is -2.55. The van der Waals surface area contributed by atoms with Gasteiger partial charge in [0.25, 0.3) is 5.91 Å². The highest BCUT2D eigenvalue weighted by atomic mass is 19.1. The van der Waals surface area contributed by atoms with Gasteiger partial charge in [-0.15, -0.1) is 0 Å². The minimum absolute atomic E-state index is 0.0323. The molecular formula is C18H22FN3O4. The van der Waals surface area contributed by atoms with Gasteiger partial charge in [-0.1, -0.05) is 0 Å². The third-order valence-electron chi connectivity index (χ3n) is 5.02. The van der Waals surface area contributed by atoms with E-state index in [9.17, 15) is 18.8 Å². The van der Waals surface area contributed by atoms with Crippen molar-refractivity contribution in [3.05, 3.63) is 35.6 Å². The topological polar surface area (TPSA) is 87.7 Å².